The first-order valence-corrected chi connectivity index (χ1v) is 8.73. The van der Waals surface area contributed by atoms with Crippen LogP contribution in [0.15, 0.2) is 49.3 Å². The van der Waals surface area contributed by atoms with Gasteiger partial charge in [0.2, 0.25) is 0 Å². The smallest absolute Gasteiger partial charge is 0.253 e. The van der Waals surface area contributed by atoms with E-state index < -0.39 is 0 Å². The summed E-state index contributed by atoms with van der Waals surface area (Å²) >= 11 is 0. The van der Waals surface area contributed by atoms with Gasteiger partial charge < -0.3 is 4.90 Å². The zero-order valence-electron chi connectivity index (χ0n) is 14.6. The first kappa shape index (κ1) is 16.4. The lowest BCUT2D eigenvalue weighted by Gasteiger charge is -2.32. The predicted octanol–water partition coefficient (Wildman–Crippen LogP) is 2.39. The Kier molecular flexibility index (Phi) is 4.43. The zero-order chi connectivity index (χ0) is 17.9. The molecule has 1 fully saturated rings. The van der Waals surface area contributed by atoms with E-state index in [2.05, 4.69) is 20.2 Å². The number of aromatic nitrogens is 5. The van der Waals surface area contributed by atoms with E-state index in [0.29, 0.717) is 12.1 Å². The molecule has 1 amide bonds. The Balaban J connectivity index is 1.54. The molecule has 1 aliphatic heterocycles. The van der Waals surface area contributed by atoms with E-state index in [0.717, 1.165) is 36.5 Å². The highest BCUT2D eigenvalue weighted by molar-refractivity contribution is 5.94. The molecule has 0 saturated carbocycles. The van der Waals surface area contributed by atoms with Gasteiger partial charge in [-0.1, -0.05) is 6.07 Å². The van der Waals surface area contributed by atoms with Gasteiger partial charge in [-0.15, -0.1) is 10.2 Å². The summed E-state index contributed by atoms with van der Waals surface area (Å²) in [5.74, 6) is 0.284. The van der Waals surface area contributed by atoms with Gasteiger partial charge in [0.25, 0.3) is 5.91 Å². The number of carbonyl (C=O) groups is 1. The lowest BCUT2D eigenvalue weighted by atomic mass is 9.94. The van der Waals surface area contributed by atoms with E-state index >= 15 is 0 Å². The van der Waals surface area contributed by atoms with Crippen LogP contribution in [0.2, 0.25) is 0 Å². The van der Waals surface area contributed by atoms with Crippen LogP contribution in [0.1, 0.15) is 40.5 Å². The van der Waals surface area contributed by atoms with Gasteiger partial charge in [-0.05, 0) is 38.0 Å². The normalized spacial score (nSPS) is 17.3. The SMILES string of the molecule is Cc1cncc(C2CCCN(C(=O)c3cccc(-n4cnnc4)c3)C2)n1. The molecule has 3 heterocycles. The monoisotopic (exact) mass is 348 g/mol. The van der Waals surface area contributed by atoms with Crippen molar-refractivity contribution in [1.29, 1.82) is 0 Å². The van der Waals surface area contributed by atoms with Crippen LogP contribution in [-0.4, -0.2) is 48.6 Å². The first-order chi connectivity index (χ1) is 12.7. The lowest BCUT2D eigenvalue weighted by Crippen LogP contribution is -2.39. The van der Waals surface area contributed by atoms with Gasteiger partial charge in [0.1, 0.15) is 12.7 Å². The Labute approximate surface area is 151 Å². The highest BCUT2D eigenvalue weighted by Gasteiger charge is 2.26. The maximum atomic E-state index is 13.0. The van der Waals surface area contributed by atoms with Crippen molar-refractivity contribution in [3.63, 3.8) is 0 Å². The summed E-state index contributed by atoms with van der Waals surface area (Å²) < 4.78 is 1.79. The Morgan fingerprint density at radius 3 is 2.85 bits per heavy atom. The largest absolute Gasteiger partial charge is 0.338 e. The number of aryl methyl sites for hydroxylation is 1. The quantitative estimate of drug-likeness (QED) is 0.726. The lowest BCUT2D eigenvalue weighted by molar-refractivity contribution is 0.0705. The maximum absolute atomic E-state index is 13.0. The second-order valence-corrected chi connectivity index (χ2v) is 6.60. The number of amides is 1. The van der Waals surface area contributed by atoms with E-state index in [1.807, 2.05) is 42.3 Å². The molecular weight excluding hydrogens is 328 g/mol. The summed E-state index contributed by atoms with van der Waals surface area (Å²) in [4.78, 5) is 23.8. The summed E-state index contributed by atoms with van der Waals surface area (Å²) in [6, 6.07) is 7.55. The van der Waals surface area contributed by atoms with E-state index in [1.54, 1.807) is 23.4 Å². The average molecular weight is 348 g/mol. The van der Waals surface area contributed by atoms with E-state index in [4.69, 9.17) is 0 Å². The second-order valence-electron chi connectivity index (χ2n) is 6.60. The second kappa shape index (κ2) is 7.03. The maximum Gasteiger partial charge on any atom is 0.253 e. The number of likely N-dealkylation sites (tertiary alicyclic amines) is 1. The zero-order valence-corrected chi connectivity index (χ0v) is 14.6. The van der Waals surface area contributed by atoms with Crippen LogP contribution in [0.25, 0.3) is 5.69 Å². The third-order valence-electron chi connectivity index (χ3n) is 4.71. The van der Waals surface area contributed by atoms with Crippen LogP contribution in [0.3, 0.4) is 0 Å². The molecule has 2 aromatic heterocycles. The van der Waals surface area contributed by atoms with Gasteiger partial charge in [0.15, 0.2) is 0 Å². The van der Waals surface area contributed by atoms with Crippen molar-refractivity contribution in [3.8, 4) is 5.69 Å². The molecule has 7 nitrogen and oxygen atoms in total. The van der Waals surface area contributed by atoms with Gasteiger partial charge in [0.05, 0.1) is 11.4 Å². The molecule has 1 saturated heterocycles. The number of nitrogens with zero attached hydrogens (tertiary/aromatic N) is 6. The Morgan fingerprint density at radius 1 is 1.19 bits per heavy atom. The molecule has 26 heavy (non-hydrogen) atoms. The van der Waals surface area contributed by atoms with Crippen molar-refractivity contribution in [2.75, 3.05) is 13.1 Å². The fourth-order valence-electron chi connectivity index (χ4n) is 3.40. The summed E-state index contributed by atoms with van der Waals surface area (Å²) in [5.41, 5.74) is 3.43. The molecule has 1 aliphatic rings. The van der Waals surface area contributed by atoms with E-state index in [9.17, 15) is 4.79 Å². The molecule has 7 heteroatoms. The summed E-state index contributed by atoms with van der Waals surface area (Å²) in [7, 11) is 0. The van der Waals surface area contributed by atoms with Gasteiger partial charge in [-0.3, -0.25) is 19.3 Å². The van der Waals surface area contributed by atoms with Gasteiger partial charge >= 0.3 is 0 Å². The average Bonchev–Trinajstić information content (AvgIpc) is 3.22. The van der Waals surface area contributed by atoms with Crippen molar-refractivity contribution < 1.29 is 4.79 Å². The van der Waals surface area contributed by atoms with Crippen LogP contribution in [-0.2, 0) is 0 Å². The van der Waals surface area contributed by atoms with E-state index in [1.165, 1.54) is 0 Å². The summed E-state index contributed by atoms with van der Waals surface area (Å²) in [6.45, 7) is 3.39. The van der Waals surface area contributed by atoms with Crippen LogP contribution >= 0.6 is 0 Å². The highest BCUT2D eigenvalue weighted by Crippen LogP contribution is 2.26. The number of benzene rings is 1. The molecule has 0 spiro atoms. The molecule has 1 atom stereocenters. The molecule has 3 aromatic rings. The minimum absolute atomic E-state index is 0.0465. The Morgan fingerprint density at radius 2 is 2.04 bits per heavy atom. The van der Waals surface area contributed by atoms with Crippen LogP contribution in [0, 0.1) is 6.92 Å². The standard InChI is InChI=1S/C19H20N6O/c1-14-9-20-10-18(23-14)16-5-3-7-24(11-16)19(26)15-4-2-6-17(8-15)25-12-21-22-13-25/h2,4,6,8-10,12-13,16H,3,5,7,11H2,1H3. The molecular formula is C19H20N6O. The number of piperidine rings is 1. The predicted molar refractivity (Wildman–Crippen MR) is 96.0 cm³/mol. The van der Waals surface area contributed by atoms with Crippen LogP contribution < -0.4 is 0 Å². The molecule has 1 unspecified atom stereocenters. The fourth-order valence-corrected chi connectivity index (χ4v) is 3.40. The third-order valence-corrected chi connectivity index (χ3v) is 4.71. The minimum Gasteiger partial charge on any atom is -0.338 e. The number of hydrogen-bond acceptors (Lipinski definition) is 5. The van der Waals surface area contributed by atoms with Crippen molar-refractivity contribution in [1.82, 2.24) is 29.6 Å². The third kappa shape index (κ3) is 3.33. The van der Waals surface area contributed by atoms with Gasteiger partial charge in [-0.25, -0.2) is 0 Å². The van der Waals surface area contributed by atoms with Gasteiger partial charge in [0, 0.05) is 42.7 Å². The van der Waals surface area contributed by atoms with Gasteiger partial charge in [-0.2, -0.15) is 0 Å². The first-order valence-electron chi connectivity index (χ1n) is 8.73. The molecule has 0 bridgehead atoms. The highest BCUT2D eigenvalue weighted by atomic mass is 16.2. The van der Waals surface area contributed by atoms with Crippen molar-refractivity contribution in [2.24, 2.45) is 0 Å². The number of hydrogen-bond donors (Lipinski definition) is 0. The van der Waals surface area contributed by atoms with Crippen molar-refractivity contribution in [3.05, 3.63) is 66.3 Å². The Hall–Kier alpha value is -3.09. The van der Waals surface area contributed by atoms with Crippen molar-refractivity contribution in [2.45, 2.75) is 25.7 Å². The van der Waals surface area contributed by atoms with E-state index in [-0.39, 0.29) is 11.8 Å². The molecule has 0 N–H and O–H groups in total. The number of rotatable bonds is 3. The molecule has 1 aromatic carbocycles. The molecule has 0 aliphatic carbocycles. The molecule has 4 rings (SSSR count). The minimum atomic E-state index is 0.0465. The number of carbonyl (C=O) groups excluding carboxylic acids is 1. The molecule has 0 radical (unpaired) electrons. The Bertz CT molecular complexity index is 908. The van der Waals surface area contributed by atoms with Crippen molar-refractivity contribution >= 4 is 5.91 Å². The summed E-state index contributed by atoms with van der Waals surface area (Å²) in [5, 5.41) is 7.64. The van der Waals surface area contributed by atoms with Crippen LogP contribution in [0.5, 0.6) is 0 Å². The topological polar surface area (TPSA) is 76.8 Å². The summed E-state index contributed by atoms with van der Waals surface area (Å²) in [6.07, 6.45) is 8.82. The van der Waals surface area contributed by atoms with Crippen LogP contribution in [0.4, 0.5) is 0 Å². The fraction of sp³-hybridized carbons (Fsp3) is 0.316. The molecule has 132 valence electrons.